The molecule has 16 heavy (non-hydrogen) atoms. The van der Waals surface area contributed by atoms with Gasteiger partial charge in [0.15, 0.2) is 11.5 Å². The van der Waals surface area contributed by atoms with Gasteiger partial charge in [0.25, 0.3) is 0 Å². The zero-order chi connectivity index (χ0) is 10.8. The van der Waals surface area contributed by atoms with Crippen LogP contribution in [0.5, 0.6) is 11.5 Å². The smallest absolute Gasteiger partial charge is 0.157 e. The molecule has 1 aliphatic heterocycles. The number of hydrogen-bond donors (Lipinski definition) is 3. The molecule has 1 aromatic rings. The Labute approximate surface area is 100 Å². The van der Waals surface area contributed by atoms with Crippen molar-refractivity contribution < 1.29 is 10.2 Å². The van der Waals surface area contributed by atoms with Crippen LogP contribution in [0.4, 0.5) is 0 Å². The van der Waals surface area contributed by atoms with Crippen molar-refractivity contribution in [1.29, 1.82) is 0 Å². The van der Waals surface area contributed by atoms with E-state index in [4.69, 9.17) is 5.11 Å². The van der Waals surface area contributed by atoms with Gasteiger partial charge in [-0.2, -0.15) is 0 Å². The van der Waals surface area contributed by atoms with E-state index in [9.17, 15) is 5.11 Å². The Bertz CT molecular complexity index is 407. The highest BCUT2D eigenvalue weighted by molar-refractivity contribution is 5.86. The molecule has 0 aliphatic carbocycles. The van der Waals surface area contributed by atoms with Gasteiger partial charge in [-0.05, 0) is 24.6 Å². The summed E-state index contributed by atoms with van der Waals surface area (Å²) in [5.41, 5.74) is 0.936. The molecular weight excluding hydrogens is 228 g/mol. The third-order valence-electron chi connectivity index (χ3n) is 2.39. The summed E-state index contributed by atoms with van der Waals surface area (Å²) in [6, 6.07) is 5.15. The molecule has 0 saturated carbocycles. The van der Waals surface area contributed by atoms with Crippen LogP contribution in [0.3, 0.4) is 0 Å². The number of aromatic hydroxyl groups is 2. The molecule has 88 valence electrons. The van der Waals surface area contributed by atoms with Crippen molar-refractivity contribution in [3.8, 4) is 11.5 Å². The maximum absolute atomic E-state index is 9.32. The number of aliphatic imine (C=N–C) groups is 1. The molecule has 0 unspecified atom stereocenters. The van der Waals surface area contributed by atoms with Crippen LogP contribution in [-0.4, -0.2) is 28.6 Å². The number of amidine groups is 1. The van der Waals surface area contributed by atoms with Gasteiger partial charge >= 0.3 is 0 Å². The summed E-state index contributed by atoms with van der Waals surface area (Å²) in [5, 5.41) is 21.7. The van der Waals surface area contributed by atoms with Crippen molar-refractivity contribution in [1.82, 2.24) is 5.32 Å². The molecular formula is C11H15ClN2O2. The predicted octanol–water partition coefficient (Wildman–Crippen LogP) is 1.45. The SMILES string of the molecule is C[C@@H]1CNC(Cc2ccc(O)c(O)c2)=N1.Cl. The molecule has 0 amide bonds. The van der Waals surface area contributed by atoms with Crippen LogP contribution < -0.4 is 5.32 Å². The number of halogens is 1. The fraction of sp³-hybridized carbons (Fsp3) is 0.364. The largest absolute Gasteiger partial charge is 0.504 e. The number of hydrogen-bond acceptors (Lipinski definition) is 4. The lowest BCUT2D eigenvalue weighted by molar-refractivity contribution is 0.403. The van der Waals surface area contributed by atoms with E-state index in [2.05, 4.69) is 10.3 Å². The van der Waals surface area contributed by atoms with Crippen LogP contribution in [-0.2, 0) is 6.42 Å². The molecule has 0 bridgehead atoms. The van der Waals surface area contributed by atoms with Crippen LogP contribution in [0.25, 0.3) is 0 Å². The maximum atomic E-state index is 9.32. The number of benzene rings is 1. The second-order valence-electron chi connectivity index (χ2n) is 3.81. The number of rotatable bonds is 2. The lowest BCUT2D eigenvalue weighted by Gasteiger charge is -2.04. The fourth-order valence-corrected chi connectivity index (χ4v) is 1.60. The normalized spacial score (nSPS) is 18.6. The minimum absolute atomic E-state index is 0. The highest BCUT2D eigenvalue weighted by Gasteiger charge is 2.12. The molecule has 1 heterocycles. The summed E-state index contributed by atoms with van der Waals surface area (Å²) in [5.74, 6) is 0.764. The van der Waals surface area contributed by atoms with Gasteiger partial charge in [-0.1, -0.05) is 6.07 Å². The van der Waals surface area contributed by atoms with Crippen LogP contribution in [0, 0.1) is 0 Å². The number of nitrogens with zero attached hydrogens (tertiary/aromatic N) is 1. The summed E-state index contributed by atoms with van der Waals surface area (Å²) in [6.07, 6.45) is 0.665. The predicted molar refractivity (Wildman–Crippen MR) is 65.6 cm³/mol. The lowest BCUT2D eigenvalue weighted by Crippen LogP contribution is -2.21. The molecule has 1 atom stereocenters. The van der Waals surface area contributed by atoms with Crippen LogP contribution >= 0.6 is 12.4 Å². The second-order valence-corrected chi connectivity index (χ2v) is 3.81. The number of phenols is 2. The van der Waals surface area contributed by atoms with Gasteiger partial charge in [-0.3, -0.25) is 4.99 Å². The van der Waals surface area contributed by atoms with E-state index in [1.807, 2.05) is 6.92 Å². The van der Waals surface area contributed by atoms with E-state index in [-0.39, 0.29) is 23.9 Å². The van der Waals surface area contributed by atoms with Gasteiger partial charge in [0.2, 0.25) is 0 Å². The van der Waals surface area contributed by atoms with Crippen molar-refractivity contribution in [3.05, 3.63) is 23.8 Å². The van der Waals surface area contributed by atoms with Gasteiger partial charge in [0, 0.05) is 13.0 Å². The van der Waals surface area contributed by atoms with E-state index < -0.39 is 0 Å². The monoisotopic (exact) mass is 242 g/mol. The van der Waals surface area contributed by atoms with Crippen LogP contribution in [0.15, 0.2) is 23.2 Å². The van der Waals surface area contributed by atoms with Crippen molar-refractivity contribution in [2.24, 2.45) is 4.99 Å². The van der Waals surface area contributed by atoms with E-state index in [1.165, 1.54) is 6.07 Å². The summed E-state index contributed by atoms with van der Waals surface area (Å²) >= 11 is 0. The third-order valence-corrected chi connectivity index (χ3v) is 2.39. The van der Waals surface area contributed by atoms with Crippen molar-refractivity contribution in [3.63, 3.8) is 0 Å². The van der Waals surface area contributed by atoms with Crippen LogP contribution in [0.2, 0.25) is 0 Å². The first-order chi connectivity index (χ1) is 7.15. The summed E-state index contributed by atoms with van der Waals surface area (Å²) < 4.78 is 0. The van der Waals surface area contributed by atoms with E-state index in [1.54, 1.807) is 12.1 Å². The zero-order valence-corrected chi connectivity index (χ0v) is 9.79. The Balaban J connectivity index is 0.00000128. The van der Waals surface area contributed by atoms with Gasteiger partial charge < -0.3 is 15.5 Å². The Morgan fingerprint density at radius 2 is 2.12 bits per heavy atom. The first kappa shape index (κ1) is 12.6. The average Bonchev–Trinajstić information content (AvgIpc) is 2.58. The Morgan fingerprint density at radius 1 is 1.38 bits per heavy atom. The molecule has 2 rings (SSSR count). The summed E-state index contributed by atoms with van der Waals surface area (Å²) in [6.45, 7) is 2.92. The quantitative estimate of drug-likeness (QED) is 0.688. The van der Waals surface area contributed by atoms with Crippen molar-refractivity contribution >= 4 is 18.2 Å². The highest BCUT2D eigenvalue weighted by atomic mass is 35.5. The fourth-order valence-electron chi connectivity index (χ4n) is 1.60. The minimum atomic E-state index is -0.0894. The molecule has 0 saturated heterocycles. The summed E-state index contributed by atoms with van der Waals surface area (Å²) in [4.78, 5) is 4.40. The Hall–Kier alpha value is -1.42. The Morgan fingerprint density at radius 3 is 2.69 bits per heavy atom. The summed E-state index contributed by atoms with van der Waals surface area (Å²) in [7, 11) is 0. The van der Waals surface area contributed by atoms with Crippen molar-refractivity contribution in [2.45, 2.75) is 19.4 Å². The first-order valence-corrected chi connectivity index (χ1v) is 4.96. The first-order valence-electron chi connectivity index (χ1n) is 4.96. The molecule has 1 aromatic carbocycles. The Kier molecular flexibility index (Phi) is 4.01. The molecule has 1 aliphatic rings. The lowest BCUT2D eigenvalue weighted by atomic mass is 10.1. The van der Waals surface area contributed by atoms with Gasteiger partial charge in [-0.15, -0.1) is 12.4 Å². The van der Waals surface area contributed by atoms with Gasteiger partial charge in [-0.25, -0.2) is 0 Å². The van der Waals surface area contributed by atoms with E-state index in [0.717, 1.165) is 17.9 Å². The average molecular weight is 243 g/mol. The maximum Gasteiger partial charge on any atom is 0.157 e. The molecule has 0 radical (unpaired) electrons. The molecule has 5 heteroatoms. The van der Waals surface area contributed by atoms with E-state index >= 15 is 0 Å². The third kappa shape index (κ3) is 2.79. The second kappa shape index (κ2) is 5.07. The topological polar surface area (TPSA) is 64.8 Å². The minimum Gasteiger partial charge on any atom is -0.504 e. The molecule has 3 N–H and O–H groups in total. The zero-order valence-electron chi connectivity index (χ0n) is 8.97. The van der Waals surface area contributed by atoms with Crippen molar-refractivity contribution in [2.75, 3.05) is 6.54 Å². The van der Waals surface area contributed by atoms with Gasteiger partial charge in [0.1, 0.15) is 5.84 Å². The highest BCUT2D eigenvalue weighted by Crippen LogP contribution is 2.25. The number of nitrogens with one attached hydrogen (secondary N) is 1. The standard InChI is InChI=1S/C11H14N2O2.ClH/c1-7-6-12-11(13-7)5-8-2-3-9(14)10(15)4-8;/h2-4,7,14-15H,5-6H2,1H3,(H,12,13);1H/t7-;/m1./s1. The number of phenolic OH excluding ortho intramolecular Hbond substituents is 2. The molecule has 0 aromatic heterocycles. The molecule has 4 nitrogen and oxygen atoms in total. The molecule has 0 fully saturated rings. The van der Waals surface area contributed by atoms with Gasteiger partial charge in [0.05, 0.1) is 6.04 Å². The van der Waals surface area contributed by atoms with Crippen LogP contribution in [0.1, 0.15) is 12.5 Å². The van der Waals surface area contributed by atoms with E-state index in [0.29, 0.717) is 12.5 Å². The molecule has 0 spiro atoms.